The van der Waals surface area contributed by atoms with Crippen molar-refractivity contribution in [3.63, 3.8) is 0 Å². The molecule has 0 aromatic carbocycles. The van der Waals surface area contributed by atoms with E-state index in [1.807, 2.05) is 12.3 Å². The van der Waals surface area contributed by atoms with E-state index in [4.69, 9.17) is 5.21 Å². The fourth-order valence-corrected chi connectivity index (χ4v) is 2.62. The molecular weight excluding hydrogens is 204 g/mol. The zero-order valence-corrected chi connectivity index (χ0v) is 8.87. The third-order valence-corrected chi connectivity index (χ3v) is 3.34. The van der Waals surface area contributed by atoms with Crippen molar-refractivity contribution < 1.29 is 5.21 Å². The van der Waals surface area contributed by atoms with Crippen molar-refractivity contribution in [3.8, 4) is 0 Å². The van der Waals surface area contributed by atoms with Crippen LogP contribution in [0.1, 0.15) is 12.0 Å². The highest BCUT2D eigenvalue weighted by molar-refractivity contribution is 5.80. The number of rotatable bonds is 2. The Hall–Kier alpha value is -1.62. The Balaban J connectivity index is 1.86. The number of oxime groups is 1. The van der Waals surface area contributed by atoms with E-state index in [1.54, 1.807) is 6.20 Å². The molecule has 2 saturated heterocycles. The van der Waals surface area contributed by atoms with Gasteiger partial charge in [0.05, 0.1) is 18.1 Å². The molecule has 3 heterocycles. The zero-order chi connectivity index (χ0) is 11.0. The lowest BCUT2D eigenvalue weighted by Crippen LogP contribution is -2.43. The molecule has 0 aliphatic carbocycles. The van der Waals surface area contributed by atoms with Crippen LogP contribution in [0.2, 0.25) is 0 Å². The molecule has 0 spiro atoms. The molecule has 1 aromatic heterocycles. The van der Waals surface area contributed by atoms with Crippen molar-refractivity contribution in [2.24, 2.45) is 5.16 Å². The van der Waals surface area contributed by atoms with Crippen molar-refractivity contribution in [2.45, 2.75) is 18.5 Å². The third kappa shape index (κ3) is 1.53. The molecule has 2 N–H and O–H groups in total. The number of hydrogen-bond acceptors (Lipinski definition) is 5. The number of aromatic nitrogens is 1. The van der Waals surface area contributed by atoms with Gasteiger partial charge in [-0.2, -0.15) is 0 Å². The van der Waals surface area contributed by atoms with Crippen LogP contribution in [-0.2, 0) is 0 Å². The molecule has 2 fully saturated rings. The molecule has 0 saturated carbocycles. The monoisotopic (exact) mass is 218 g/mol. The van der Waals surface area contributed by atoms with Crippen molar-refractivity contribution in [3.05, 3.63) is 24.0 Å². The van der Waals surface area contributed by atoms with Crippen LogP contribution < -0.4 is 10.2 Å². The van der Waals surface area contributed by atoms with Gasteiger partial charge in [-0.3, -0.25) is 4.98 Å². The zero-order valence-electron chi connectivity index (χ0n) is 8.87. The number of hydrogen-bond donors (Lipinski definition) is 2. The van der Waals surface area contributed by atoms with E-state index in [1.165, 1.54) is 12.6 Å². The SMILES string of the molecule is O/N=C\c1cncc(N2C[C@H]3C[C@@H]2CN3)c1. The fourth-order valence-electron chi connectivity index (χ4n) is 2.62. The van der Waals surface area contributed by atoms with E-state index in [9.17, 15) is 0 Å². The smallest absolute Gasteiger partial charge is 0.0750 e. The second-order valence-electron chi connectivity index (χ2n) is 4.37. The van der Waals surface area contributed by atoms with Crippen LogP contribution in [0.3, 0.4) is 0 Å². The molecule has 2 atom stereocenters. The van der Waals surface area contributed by atoms with Gasteiger partial charge in [-0.25, -0.2) is 0 Å². The van der Waals surface area contributed by atoms with Gasteiger partial charge in [-0.05, 0) is 12.5 Å². The van der Waals surface area contributed by atoms with E-state index in [2.05, 4.69) is 20.4 Å². The van der Waals surface area contributed by atoms with E-state index in [0.29, 0.717) is 12.1 Å². The molecule has 0 radical (unpaired) electrons. The maximum atomic E-state index is 8.50. The molecule has 16 heavy (non-hydrogen) atoms. The quantitative estimate of drug-likeness (QED) is 0.429. The molecule has 2 aliphatic heterocycles. The van der Waals surface area contributed by atoms with Crippen LogP contribution in [0.15, 0.2) is 23.6 Å². The Labute approximate surface area is 93.8 Å². The van der Waals surface area contributed by atoms with Gasteiger partial charge in [-0.15, -0.1) is 0 Å². The highest BCUT2D eigenvalue weighted by Gasteiger charge is 2.37. The summed E-state index contributed by atoms with van der Waals surface area (Å²) in [5, 5.41) is 15.0. The normalized spacial score (nSPS) is 28.1. The summed E-state index contributed by atoms with van der Waals surface area (Å²) in [5.74, 6) is 0. The third-order valence-electron chi connectivity index (χ3n) is 3.34. The average Bonchev–Trinajstić information content (AvgIpc) is 2.91. The molecule has 0 unspecified atom stereocenters. The molecular formula is C11H14N4O. The summed E-state index contributed by atoms with van der Waals surface area (Å²) in [7, 11) is 0. The Bertz CT molecular complexity index is 420. The van der Waals surface area contributed by atoms with Crippen molar-refractivity contribution in [2.75, 3.05) is 18.0 Å². The van der Waals surface area contributed by atoms with Gasteiger partial charge in [0.25, 0.3) is 0 Å². The number of anilines is 1. The van der Waals surface area contributed by atoms with Gasteiger partial charge in [0.1, 0.15) is 0 Å². The predicted octanol–water partition coefficient (Wildman–Crippen LogP) is 0.440. The Morgan fingerprint density at radius 1 is 1.56 bits per heavy atom. The number of piperazine rings is 1. The molecule has 5 nitrogen and oxygen atoms in total. The summed E-state index contributed by atoms with van der Waals surface area (Å²) in [6, 6.07) is 3.22. The predicted molar refractivity (Wildman–Crippen MR) is 61.2 cm³/mol. The largest absolute Gasteiger partial charge is 0.411 e. The summed E-state index contributed by atoms with van der Waals surface area (Å²) in [5.41, 5.74) is 1.95. The van der Waals surface area contributed by atoms with Gasteiger partial charge in [0, 0.05) is 36.9 Å². The molecule has 1 aromatic rings. The molecule has 5 heteroatoms. The second kappa shape index (κ2) is 3.75. The standard InChI is InChI=1S/C11H14N4O/c16-14-4-8-1-10(5-12-3-8)15-7-9-2-11(15)6-13-9/h1,3-5,9,11,13,16H,2,6-7H2/b14-4-/t9-,11-/m1/s1. The lowest BCUT2D eigenvalue weighted by molar-refractivity contribution is 0.322. The first-order valence-electron chi connectivity index (χ1n) is 5.49. The number of nitrogens with one attached hydrogen (secondary N) is 1. The molecule has 84 valence electrons. The van der Waals surface area contributed by atoms with Gasteiger partial charge >= 0.3 is 0 Å². The maximum Gasteiger partial charge on any atom is 0.0750 e. The van der Waals surface area contributed by atoms with Gasteiger partial charge in [0.15, 0.2) is 0 Å². The average molecular weight is 218 g/mol. The number of nitrogens with zero attached hydrogens (tertiary/aromatic N) is 3. The Morgan fingerprint density at radius 2 is 2.50 bits per heavy atom. The summed E-state index contributed by atoms with van der Waals surface area (Å²) in [4.78, 5) is 6.54. The minimum absolute atomic E-state index is 0.591. The van der Waals surface area contributed by atoms with Gasteiger partial charge in [-0.1, -0.05) is 5.16 Å². The first-order valence-corrected chi connectivity index (χ1v) is 5.49. The summed E-state index contributed by atoms with van der Waals surface area (Å²) >= 11 is 0. The van der Waals surface area contributed by atoms with Crippen molar-refractivity contribution in [1.82, 2.24) is 10.3 Å². The first kappa shape index (κ1) is 9.59. The summed E-state index contributed by atoms with van der Waals surface area (Å²) in [6.45, 7) is 2.11. The van der Waals surface area contributed by atoms with E-state index in [-0.39, 0.29) is 0 Å². The highest BCUT2D eigenvalue weighted by Crippen LogP contribution is 2.28. The number of pyridine rings is 1. The minimum atomic E-state index is 0.591. The van der Waals surface area contributed by atoms with Crippen molar-refractivity contribution in [1.29, 1.82) is 0 Å². The van der Waals surface area contributed by atoms with Crippen LogP contribution in [0.5, 0.6) is 0 Å². The Kier molecular flexibility index (Phi) is 2.25. The Morgan fingerprint density at radius 3 is 3.19 bits per heavy atom. The van der Waals surface area contributed by atoms with Crippen LogP contribution in [-0.4, -0.2) is 41.6 Å². The molecule has 2 bridgehead atoms. The fraction of sp³-hybridized carbons (Fsp3) is 0.455. The second-order valence-corrected chi connectivity index (χ2v) is 4.37. The first-order chi connectivity index (χ1) is 7.86. The van der Waals surface area contributed by atoms with Crippen LogP contribution in [0.25, 0.3) is 0 Å². The number of fused-ring (bicyclic) bond motifs is 2. The molecule has 2 aliphatic rings. The van der Waals surface area contributed by atoms with Crippen LogP contribution in [0, 0.1) is 0 Å². The van der Waals surface area contributed by atoms with E-state index >= 15 is 0 Å². The van der Waals surface area contributed by atoms with Crippen LogP contribution >= 0.6 is 0 Å². The van der Waals surface area contributed by atoms with Gasteiger partial charge < -0.3 is 15.4 Å². The van der Waals surface area contributed by atoms with Crippen molar-refractivity contribution >= 4 is 11.9 Å². The minimum Gasteiger partial charge on any atom is -0.411 e. The highest BCUT2D eigenvalue weighted by atomic mass is 16.4. The molecule has 3 rings (SSSR count). The van der Waals surface area contributed by atoms with Crippen LogP contribution in [0.4, 0.5) is 5.69 Å². The summed E-state index contributed by atoms with van der Waals surface area (Å²) in [6.07, 6.45) is 6.19. The topological polar surface area (TPSA) is 60.8 Å². The van der Waals surface area contributed by atoms with E-state index in [0.717, 1.165) is 24.3 Å². The van der Waals surface area contributed by atoms with Gasteiger partial charge in [0.2, 0.25) is 0 Å². The maximum absolute atomic E-state index is 8.50. The lowest BCUT2D eigenvalue weighted by atomic mass is 10.2. The molecule has 0 amide bonds. The lowest BCUT2D eigenvalue weighted by Gasteiger charge is -2.29. The summed E-state index contributed by atoms with van der Waals surface area (Å²) < 4.78 is 0. The van der Waals surface area contributed by atoms with E-state index < -0.39 is 0 Å².